The van der Waals surface area contributed by atoms with Crippen molar-refractivity contribution in [2.45, 2.75) is 61.4 Å². The maximum absolute atomic E-state index is 10.9. The number of hydrogen-bond acceptors (Lipinski definition) is 16. The maximum atomic E-state index is 10.9. The highest BCUT2D eigenvalue weighted by atomic mass is 16.7. The second-order valence-corrected chi connectivity index (χ2v) is 13.5. The highest BCUT2D eigenvalue weighted by molar-refractivity contribution is 6.06. The third kappa shape index (κ3) is 7.75. The van der Waals surface area contributed by atoms with Crippen molar-refractivity contribution >= 4 is 23.1 Å². The summed E-state index contributed by atoms with van der Waals surface area (Å²) in [7, 11) is 0. The van der Waals surface area contributed by atoms with E-state index >= 15 is 0 Å². The van der Waals surface area contributed by atoms with E-state index in [0.29, 0.717) is 16.7 Å². The monoisotopic (exact) mass is 776 g/mol. The molecule has 56 heavy (non-hydrogen) atoms. The van der Waals surface area contributed by atoms with Gasteiger partial charge in [0.25, 0.3) is 0 Å². The quantitative estimate of drug-likeness (QED) is 0.0895. The Balaban J connectivity index is 1.35. The highest BCUT2D eigenvalue weighted by Gasteiger charge is 2.46. The Bertz CT molecular complexity index is 2140. The second kappa shape index (κ2) is 16.1. The van der Waals surface area contributed by atoms with Crippen LogP contribution in [-0.4, -0.2) is 131 Å². The SMILES string of the molecule is OC[C@H]1O[C@@H](Oc2ccc(-c3oc4cc(C=Cc5ccc(O)cc5)cc(O[C@@H]5O[C@H](CO)[C@@H](O)[C@H](O)[C@H]5O)c4c3-c3cc(O)cc(O)c3)cc2)[C@H](O)[C@@H](O)[C@@H]1O. The number of fused-ring (bicyclic) bond motifs is 1. The molecule has 0 saturated carbocycles. The van der Waals surface area contributed by atoms with Crippen LogP contribution in [0, 0.1) is 0 Å². The Morgan fingerprint density at radius 1 is 0.536 bits per heavy atom. The van der Waals surface area contributed by atoms with Gasteiger partial charge in [0.1, 0.15) is 88.9 Å². The van der Waals surface area contributed by atoms with Gasteiger partial charge in [0, 0.05) is 17.2 Å². The fraction of sp³-hybridized carbons (Fsp3) is 0.300. The largest absolute Gasteiger partial charge is 0.508 e. The number of aliphatic hydroxyl groups is 8. The minimum Gasteiger partial charge on any atom is -0.508 e. The molecule has 2 aliphatic heterocycles. The van der Waals surface area contributed by atoms with Crippen molar-refractivity contribution in [1.29, 1.82) is 0 Å². The van der Waals surface area contributed by atoms with E-state index in [-0.39, 0.29) is 51.0 Å². The fourth-order valence-corrected chi connectivity index (χ4v) is 6.67. The van der Waals surface area contributed by atoms with Gasteiger partial charge in [-0.3, -0.25) is 0 Å². The van der Waals surface area contributed by atoms with E-state index in [2.05, 4.69) is 0 Å². The van der Waals surface area contributed by atoms with Crippen LogP contribution in [0.5, 0.6) is 28.7 Å². The van der Waals surface area contributed by atoms with Crippen LogP contribution in [0.4, 0.5) is 0 Å². The summed E-state index contributed by atoms with van der Waals surface area (Å²) in [6, 6.07) is 19.8. The number of phenolic OH excluding ortho intramolecular Hbond substituents is 3. The molecule has 0 unspecified atom stereocenters. The van der Waals surface area contributed by atoms with Crippen LogP contribution in [0.1, 0.15) is 11.1 Å². The summed E-state index contributed by atoms with van der Waals surface area (Å²) >= 11 is 0. The third-order valence-corrected chi connectivity index (χ3v) is 9.64. The lowest BCUT2D eigenvalue weighted by molar-refractivity contribution is -0.277. The van der Waals surface area contributed by atoms with Crippen molar-refractivity contribution in [2.24, 2.45) is 0 Å². The van der Waals surface area contributed by atoms with Gasteiger partial charge in [-0.15, -0.1) is 0 Å². The maximum Gasteiger partial charge on any atom is 0.229 e. The van der Waals surface area contributed by atoms with Crippen molar-refractivity contribution in [1.82, 2.24) is 0 Å². The predicted octanol–water partition coefficient (Wildman–Crippen LogP) is 1.41. The van der Waals surface area contributed by atoms with Crippen LogP contribution < -0.4 is 9.47 Å². The molecule has 0 bridgehead atoms. The predicted molar refractivity (Wildman–Crippen MR) is 196 cm³/mol. The van der Waals surface area contributed by atoms with Crippen LogP contribution in [0.25, 0.3) is 45.6 Å². The minimum atomic E-state index is -1.77. The summed E-state index contributed by atoms with van der Waals surface area (Å²) < 4.78 is 29.6. The number of furan rings is 1. The number of benzene rings is 4. The Labute approximate surface area is 318 Å². The zero-order chi connectivity index (χ0) is 39.8. The summed E-state index contributed by atoms with van der Waals surface area (Å²) in [5, 5.41) is 113. The normalized spacial score (nSPS) is 28.1. The smallest absolute Gasteiger partial charge is 0.229 e. The second-order valence-electron chi connectivity index (χ2n) is 13.5. The van der Waals surface area contributed by atoms with Gasteiger partial charge < -0.3 is 79.5 Å². The lowest BCUT2D eigenvalue weighted by atomic mass is 9.96. The van der Waals surface area contributed by atoms with Gasteiger partial charge in [0.15, 0.2) is 0 Å². The van der Waals surface area contributed by atoms with Crippen molar-refractivity contribution in [3.05, 3.63) is 90.0 Å². The summed E-state index contributed by atoms with van der Waals surface area (Å²) in [6.45, 7) is -1.34. The molecule has 2 saturated heterocycles. The van der Waals surface area contributed by atoms with Gasteiger partial charge in [-0.2, -0.15) is 0 Å². The van der Waals surface area contributed by atoms with Gasteiger partial charge in [0.05, 0.1) is 18.6 Å². The van der Waals surface area contributed by atoms with Crippen molar-refractivity contribution in [3.8, 4) is 51.2 Å². The first-order valence-electron chi connectivity index (χ1n) is 17.5. The van der Waals surface area contributed by atoms with E-state index in [1.807, 2.05) is 0 Å². The molecule has 0 aliphatic carbocycles. The minimum absolute atomic E-state index is 0.0348. The van der Waals surface area contributed by atoms with E-state index in [1.165, 1.54) is 36.4 Å². The molecule has 7 rings (SSSR count). The Hall–Kier alpha value is -5.24. The molecule has 5 aromatic rings. The van der Waals surface area contributed by atoms with Crippen LogP contribution in [0.3, 0.4) is 0 Å². The molecule has 1 aromatic heterocycles. The molecule has 3 heterocycles. The third-order valence-electron chi connectivity index (χ3n) is 9.64. The van der Waals surface area contributed by atoms with E-state index in [0.717, 1.165) is 11.6 Å². The topological polar surface area (TPSA) is 273 Å². The molecule has 0 radical (unpaired) electrons. The molecule has 16 nitrogen and oxygen atoms in total. The lowest BCUT2D eigenvalue weighted by Gasteiger charge is -2.39. The molecule has 2 fully saturated rings. The summed E-state index contributed by atoms with van der Waals surface area (Å²) in [6.07, 6.45) is -12.1. The summed E-state index contributed by atoms with van der Waals surface area (Å²) in [5.74, 6) is -0.0860. The summed E-state index contributed by atoms with van der Waals surface area (Å²) in [5.41, 5.74) is 2.46. The van der Waals surface area contributed by atoms with Crippen molar-refractivity contribution in [3.63, 3.8) is 0 Å². The average molecular weight is 777 g/mol. The Kier molecular flexibility index (Phi) is 11.2. The number of phenols is 3. The molecule has 4 aromatic carbocycles. The first kappa shape index (κ1) is 39.0. The van der Waals surface area contributed by atoms with Gasteiger partial charge in [-0.05, 0) is 77.4 Å². The van der Waals surface area contributed by atoms with Crippen LogP contribution in [-0.2, 0) is 9.47 Å². The molecule has 10 atom stereocenters. The lowest BCUT2D eigenvalue weighted by Crippen LogP contribution is -2.60. The molecular weight excluding hydrogens is 736 g/mol. The van der Waals surface area contributed by atoms with Crippen LogP contribution >= 0.6 is 0 Å². The number of hydrogen-bond donors (Lipinski definition) is 11. The zero-order valence-electron chi connectivity index (χ0n) is 29.3. The summed E-state index contributed by atoms with van der Waals surface area (Å²) in [4.78, 5) is 0. The van der Waals surface area contributed by atoms with E-state index in [4.69, 9.17) is 23.4 Å². The fourth-order valence-electron chi connectivity index (χ4n) is 6.67. The van der Waals surface area contributed by atoms with E-state index < -0.39 is 74.6 Å². The Morgan fingerprint density at radius 2 is 1.09 bits per heavy atom. The molecule has 0 spiro atoms. The molecule has 16 heteroatoms. The number of aromatic hydroxyl groups is 3. The first-order valence-corrected chi connectivity index (χ1v) is 17.5. The number of aliphatic hydroxyl groups excluding tert-OH is 8. The standard InChI is InChI=1S/C40H40O16/c41-16-28-32(46)34(48)36(50)39(55-28)52-25-9-5-20(6-10-25)38-30(21-13-23(44)15-24(45)14-21)31-26(53-38)11-19(2-1-18-3-7-22(43)8-4-18)12-27(31)54-40-37(51)35(49)33(47)29(17-42)56-40/h1-15,28-29,32-37,39-51H,16-17H2/t28-,29-,32-,33-,34+,35+,36-,37-,39-,40-/m1/s1. The van der Waals surface area contributed by atoms with E-state index in [9.17, 15) is 56.2 Å². The van der Waals surface area contributed by atoms with Gasteiger partial charge in [-0.25, -0.2) is 0 Å². The van der Waals surface area contributed by atoms with Crippen LogP contribution in [0.15, 0.2) is 83.3 Å². The molecule has 296 valence electrons. The molecule has 2 aliphatic rings. The first-order chi connectivity index (χ1) is 26.8. The van der Waals surface area contributed by atoms with Crippen molar-refractivity contribution in [2.75, 3.05) is 13.2 Å². The van der Waals surface area contributed by atoms with Gasteiger partial charge in [0.2, 0.25) is 12.6 Å². The highest BCUT2D eigenvalue weighted by Crippen LogP contribution is 2.48. The van der Waals surface area contributed by atoms with Gasteiger partial charge >= 0.3 is 0 Å². The average Bonchev–Trinajstić information content (AvgIpc) is 3.58. The molecule has 11 N–H and O–H groups in total. The number of ether oxygens (including phenoxy) is 4. The molecule has 0 amide bonds. The van der Waals surface area contributed by atoms with Crippen molar-refractivity contribution < 1.29 is 79.5 Å². The van der Waals surface area contributed by atoms with Gasteiger partial charge in [-0.1, -0.05) is 24.3 Å². The number of rotatable bonds is 10. The van der Waals surface area contributed by atoms with E-state index in [1.54, 1.807) is 48.6 Å². The zero-order valence-corrected chi connectivity index (χ0v) is 29.3. The Morgan fingerprint density at radius 3 is 1.66 bits per heavy atom. The molecular formula is C40H40O16. The van der Waals surface area contributed by atoms with Crippen LogP contribution in [0.2, 0.25) is 0 Å².